The molecule has 0 amide bonds. The molecule has 0 aromatic carbocycles. The van der Waals surface area contributed by atoms with Crippen molar-refractivity contribution in [2.75, 3.05) is 33.5 Å². The Morgan fingerprint density at radius 2 is 2.58 bits per heavy atom. The van der Waals surface area contributed by atoms with Gasteiger partial charge in [0, 0.05) is 26.1 Å². The largest absolute Gasteiger partial charge is 0.383 e. The first-order chi connectivity index (χ1) is 9.22. The Hall–Kier alpha value is -0.950. The second-order valence-corrected chi connectivity index (χ2v) is 4.82. The number of Topliss-reactive ketones (excluding diaryl/α,β-unsaturated/α-hetero) is 1. The second-order valence-electron chi connectivity index (χ2n) is 4.41. The summed E-state index contributed by atoms with van der Waals surface area (Å²) in [5.41, 5.74) is 0.450. The maximum Gasteiger partial charge on any atom is 0.184 e. The topological polar surface area (TPSA) is 65.4 Å². The van der Waals surface area contributed by atoms with Crippen LogP contribution >= 0.6 is 11.6 Å². The lowest BCUT2D eigenvalue weighted by atomic mass is 10.1. The molecule has 1 aromatic heterocycles. The number of hydrogen-bond acceptors (Lipinski definition) is 5. The third-order valence-corrected chi connectivity index (χ3v) is 3.27. The molecule has 1 atom stereocenters. The summed E-state index contributed by atoms with van der Waals surface area (Å²) in [5.74, 6) is -0.0263. The molecule has 2 heterocycles. The number of ether oxygens (including phenoxy) is 2. The summed E-state index contributed by atoms with van der Waals surface area (Å²) < 4.78 is 11.9. The third-order valence-electron chi connectivity index (χ3n) is 3.00. The van der Waals surface area contributed by atoms with Gasteiger partial charge >= 0.3 is 0 Å². The number of carbonyl (C=O) groups is 1. The monoisotopic (exact) mass is 287 g/mol. The van der Waals surface area contributed by atoms with Crippen molar-refractivity contribution >= 4 is 17.4 Å². The average Bonchev–Trinajstić information content (AvgIpc) is 2.78. The van der Waals surface area contributed by atoms with E-state index in [0.717, 1.165) is 6.54 Å². The van der Waals surface area contributed by atoms with Crippen LogP contribution in [0, 0.1) is 0 Å². The number of aromatic nitrogens is 2. The van der Waals surface area contributed by atoms with E-state index < -0.39 is 0 Å². The van der Waals surface area contributed by atoms with Gasteiger partial charge in [0.15, 0.2) is 5.78 Å². The Morgan fingerprint density at radius 1 is 1.74 bits per heavy atom. The molecule has 1 aliphatic rings. The summed E-state index contributed by atoms with van der Waals surface area (Å²) in [6.45, 7) is 3.02. The SMILES string of the molecule is COCCn1ncc(Cl)c1C(=O)CC1COCCN1. The zero-order chi connectivity index (χ0) is 13.7. The molecule has 7 heteroatoms. The van der Waals surface area contributed by atoms with Crippen molar-refractivity contribution in [1.82, 2.24) is 15.1 Å². The van der Waals surface area contributed by atoms with Gasteiger partial charge in [-0.25, -0.2) is 0 Å². The van der Waals surface area contributed by atoms with Gasteiger partial charge in [-0.3, -0.25) is 9.48 Å². The highest BCUT2D eigenvalue weighted by Crippen LogP contribution is 2.18. The minimum atomic E-state index is -0.0263. The maximum absolute atomic E-state index is 12.3. The van der Waals surface area contributed by atoms with E-state index in [0.29, 0.717) is 43.5 Å². The molecule has 0 aliphatic carbocycles. The van der Waals surface area contributed by atoms with Crippen molar-refractivity contribution in [3.63, 3.8) is 0 Å². The fourth-order valence-electron chi connectivity index (χ4n) is 2.06. The van der Waals surface area contributed by atoms with Gasteiger partial charge < -0.3 is 14.8 Å². The van der Waals surface area contributed by atoms with Crippen LogP contribution in [0.25, 0.3) is 0 Å². The van der Waals surface area contributed by atoms with Crippen molar-refractivity contribution < 1.29 is 14.3 Å². The number of nitrogens with one attached hydrogen (secondary N) is 1. The highest BCUT2D eigenvalue weighted by molar-refractivity contribution is 6.33. The number of morpholine rings is 1. The molecule has 0 radical (unpaired) electrons. The summed E-state index contributed by atoms with van der Waals surface area (Å²) >= 11 is 6.04. The maximum atomic E-state index is 12.3. The summed E-state index contributed by atoms with van der Waals surface area (Å²) in [7, 11) is 1.61. The number of carbonyl (C=O) groups excluding carboxylic acids is 1. The Morgan fingerprint density at radius 3 is 3.26 bits per heavy atom. The highest BCUT2D eigenvalue weighted by atomic mass is 35.5. The lowest BCUT2D eigenvalue weighted by molar-refractivity contribution is 0.0671. The summed E-state index contributed by atoms with van der Waals surface area (Å²) in [4.78, 5) is 12.3. The lowest BCUT2D eigenvalue weighted by Crippen LogP contribution is -2.42. The van der Waals surface area contributed by atoms with E-state index in [-0.39, 0.29) is 11.8 Å². The molecular weight excluding hydrogens is 270 g/mol. The van der Waals surface area contributed by atoms with E-state index in [4.69, 9.17) is 21.1 Å². The molecule has 1 N–H and O–H groups in total. The Labute approximate surface area is 117 Å². The molecule has 1 saturated heterocycles. The minimum Gasteiger partial charge on any atom is -0.383 e. The van der Waals surface area contributed by atoms with Gasteiger partial charge in [-0.1, -0.05) is 11.6 Å². The standard InChI is InChI=1S/C12H18ClN3O3/c1-18-5-3-16-12(10(13)7-15-16)11(17)6-9-8-19-4-2-14-9/h7,9,14H,2-6,8H2,1H3. The first-order valence-electron chi connectivity index (χ1n) is 6.27. The lowest BCUT2D eigenvalue weighted by Gasteiger charge is -2.23. The number of nitrogens with zero attached hydrogens (tertiary/aromatic N) is 2. The predicted molar refractivity (Wildman–Crippen MR) is 70.7 cm³/mol. The van der Waals surface area contributed by atoms with Gasteiger partial charge in [0.1, 0.15) is 5.69 Å². The quantitative estimate of drug-likeness (QED) is 0.782. The van der Waals surface area contributed by atoms with Crippen molar-refractivity contribution in [3.05, 3.63) is 16.9 Å². The van der Waals surface area contributed by atoms with Crippen LogP contribution in [-0.4, -0.2) is 55.1 Å². The van der Waals surface area contributed by atoms with E-state index in [1.807, 2.05) is 0 Å². The predicted octanol–water partition coefficient (Wildman–Crippen LogP) is 0.744. The van der Waals surface area contributed by atoms with Gasteiger partial charge in [0.2, 0.25) is 0 Å². The molecule has 0 saturated carbocycles. The number of halogens is 1. The van der Waals surface area contributed by atoms with Crippen LogP contribution in [0.2, 0.25) is 5.02 Å². The molecule has 6 nitrogen and oxygen atoms in total. The van der Waals surface area contributed by atoms with Crippen LogP contribution in [0.15, 0.2) is 6.20 Å². The molecule has 1 fully saturated rings. The Bertz CT molecular complexity index is 430. The molecule has 2 rings (SSSR count). The first-order valence-corrected chi connectivity index (χ1v) is 6.64. The number of methoxy groups -OCH3 is 1. The van der Waals surface area contributed by atoms with Crippen LogP contribution in [0.4, 0.5) is 0 Å². The van der Waals surface area contributed by atoms with E-state index in [9.17, 15) is 4.79 Å². The zero-order valence-corrected chi connectivity index (χ0v) is 11.7. The highest BCUT2D eigenvalue weighted by Gasteiger charge is 2.22. The summed E-state index contributed by atoms with van der Waals surface area (Å²) in [5, 5.41) is 7.74. The van der Waals surface area contributed by atoms with Crippen molar-refractivity contribution in [2.45, 2.75) is 19.0 Å². The van der Waals surface area contributed by atoms with Crippen molar-refractivity contribution in [1.29, 1.82) is 0 Å². The van der Waals surface area contributed by atoms with Gasteiger partial charge in [-0.2, -0.15) is 5.10 Å². The van der Waals surface area contributed by atoms with Gasteiger partial charge in [0.25, 0.3) is 0 Å². The van der Waals surface area contributed by atoms with Crippen molar-refractivity contribution in [3.8, 4) is 0 Å². The average molecular weight is 288 g/mol. The van der Waals surface area contributed by atoms with Gasteiger partial charge in [-0.15, -0.1) is 0 Å². The first kappa shape index (κ1) is 14.5. The van der Waals surface area contributed by atoms with E-state index in [2.05, 4.69) is 10.4 Å². The zero-order valence-electron chi connectivity index (χ0n) is 10.9. The molecule has 1 aromatic rings. The fraction of sp³-hybridized carbons (Fsp3) is 0.667. The van der Waals surface area contributed by atoms with Crippen LogP contribution < -0.4 is 5.32 Å². The van der Waals surface area contributed by atoms with Crippen LogP contribution in [0.3, 0.4) is 0 Å². The Kier molecular flexibility index (Phi) is 5.33. The number of hydrogen-bond donors (Lipinski definition) is 1. The fourth-order valence-corrected chi connectivity index (χ4v) is 2.30. The Balaban J connectivity index is 2.02. The summed E-state index contributed by atoms with van der Waals surface area (Å²) in [6.07, 6.45) is 1.85. The van der Waals surface area contributed by atoms with E-state index in [1.54, 1.807) is 11.8 Å². The molecule has 1 unspecified atom stereocenters. The van der Waals surface area contributed by atoms with Crippen LogP contribution in [0.5, 0.6) is 0 Å². The molecule has 1 aliphatic heterocycles. The van der Waals surface area contributed by atoms with Crippen LogP contribution in [0.1, 0.15) is 16.9 Å². The molecule has 106 valence electrons. The molecule has 0 bridgehead atoms. The smallest absolute Gasteiger partial charge is 0.184 e. The van der Waals surface area contributed by atoms with Crippen LogP contribution in [-0.2, 0) is 16.0 Å². The molecule has 19 heavy (non-hydrogen) atoms. The van der Waals surface area contributed by atoms with Crippen molar-refractivity contribution in [2.24, 2.45) is 0 Å². The normalized spacial score (nSPS) is 19.6. The van der Waals surface area contributed by atoms with Gasteiger partial charge in [-0.05, 0) is 0 Å². The van der Waals surface area contributed by atoms with E-state index in [1.165, 1.54) is 6.20 Å². The molecular formula is C12H18ClN3O3. The third kappa shape index (κ3) is 3.76. The second kappa shape index (κ2) is 7.00. The minimum absolute atomic E-state index is 0.0263. The van der Waals surface area contributed by atoms with E-state index >= 15 is 0 Å². The number of ketones is 1. The van der Waals surface area contributed by atoms with Gasteiger partial charge in [0.05, 0.1) is 37.6 Å². The molecule has 0 spiro atoms. The number of rotatable bonds is 6. The summed E-state index contributed by atoms with van der Waals surface area (Å²) in [6, 6.07) is 0.0445.